The van der Waals surface area contributed by atoms with Gasteiger partial charge in [-0.2, -0.15) is 13.2 Å². The van der Waals surface area contributed by atoms with E-state index in [2.05, 4.69) is 5.32 Å². The van der Waals surface area contributed by atoms with Gasteiger partial charge in [0.25, 0.3) is 0 Å². The molecule has 0 aliphatic heterocycles. The van der Waals surface area contributed by atoms with Crippen molar-refractivity contribution in [3.05, 3.63) is 65.2 Å². The Labute approximate surface area is 112 Å². The van der Waals surface area contributed by atoms with Crippen molar-refractivity contribution >= 4 is 5.69 Å². The molecule has 0 saturated heterocycles. The summed E-state index contributed by atoms with van der Waals surface area (Å²) < 4.78 is 63.1. The van der Waals surface area contributed by atoms with E-state index in [9.17, 15) is 22.0 Å². The molecule has 0 amide bonds. The summed E-state index contributed by atoms with van der Waals surface area (Å²) in [4.78, 5) is 0. The van der Waals surface area contributed by atoms with Crippen LogP contribution in [0.2, 0.25) is 0 Å². The van der Waals surface area contributed by atoms with E-state index in [1.807, 2.05) is 0 Å². The summed E-state index contributed by atoms with van der Waals surface area (Å²) in [5.41, 5.74) is -0.0952. The van der Waals surface area contributed by atoms with Gasteiger partial charge in [-0.05, 0) is 29.8 Å². The average Bonchev–Trinajstić information content (AvgIpc) is 2.37. The molecule has 2 aromatic carbocycles. The molecule has 6 heteroatoms. The van der Waals surface area contributed by atoms with Crippen molar-refractivity contribution in [2.24, 2.45) is 0 Å². The van der Waals surface area contributed by atoms with Gasteiger partial charge in [-0.15, -0.1) is 0 Å². The van der Waals surface area contributed by atoms with Gasteiger partial charge in [0.2, 0.25) is 0 Å². The number of alkyl halides is 3. The fraction of sp³-hybridized carbons (Fsp3) is 0.143. The predicted molar refractivity (Wildman–Crippen MR) is 65.1 cm³/mol. The van der Waals surface area contributed by atoms with Crippen molar-refractivity contribution in [1.29, 1.82) is 0 Å². The topological polar surface area (TPSA) is 12.0 Å². The zero-order valence-electron chi connectivity index (χ0n) is 10.1. The molecule has 1 nitrogen and oxygen atoms in total. The van der Waals surface area contributed by atoms with E-state index in [1.54, 1.807) is 0 Å². The van der Waals surface area contributed by atoms with Gasteiger partial charge in [0.15, 0.2) is 0 Å². The predicted octanol–water partition coefficient (Wildman–Crippen LogP) is 4.60. The summed E-state index contributed by atoms with van der Waals surface area (Å²) in [7, 11) is 0. The first-order valence-corrected chi connectivity index (χ1v) is 5.71. The van der Waals surface area contributed by atoms with Gasteiger partial charge in [-0.3, -0.25) is 0 Å². The zero-order valence-corrected chi connectivity index (χ0v) is 10.1. The van der Waals surface area contributed by atoms with Crippen LogP contribution in [0.15, 0.2) is 42.5 Å². The van der Waals surface area contributed by atoms with Gasteiger partial charge in [0.1, 0.15) is 11.6 Å². The Morgan fingerprint density at radius 1 is 0.900 bits per heavy atom. The summed E-state index contributed by atoms with van der Waals surface area (Å²) >= 11 is 0. The first-order chi connectivity index (χ1) is 9.36. The van der Waals surface area contributed by atoms with Gasteiger partial charge in [0.05, 0.1) is 11.3 Å². The number of nitrogens with one attached hydrogen (secondary N) is 1. The lowest BCUT2D eigenvalue weighted by Gasteiger charge is -2.10. The van der Waals surface area contributed by atoms with E-state index >= 15 is 0 Å². The summed E-state index contributed by atoms with van der Waals surface area (Å²) in [6.45, 7) is 0.140. The number of benzene rings is 2. The van der Waals surface area contributed by atoms with Crippen LogP contribution in [0.4, 0.5) is 27.6 Å². The van der Waals surface area contributed by atoms with Crippen LogP contribution in [-0.2, 0) is 12.7 Å². The van der Waals surface area contributed by atoms with Gasteiger partial charge < -0.3 is 5.32 Å². The van der Waals surface area contributed by atoms with Crippen LogP contribution < -0.4 is 5.32 Å². The molecule has 2 rings (SSSR count). The molecular weight excluding hydrogens is 277 g/mol. The SMILES string of the molecule is Fc1ccc(NCc2ccc(C(F)(F)F)cc2)c(F)c1. The second-order valence-corrected chi connectivity index (χ2v) is 4.17. The van der Waals surface area contributed by atoms with E-state index in [1.165, 1.54) is 18.2 Å². The fourth-order valence-corrected chi connectivity index (χ4v) is 1.64. The highest BCUT2D eigenvalue weighted by molar-refractivity contribution is 5.45. The van der Waals surface area contributed by atoms with Gasteiger partial charge in [-0.25, -0.2) is 8.78 Å². The van der Waals surface area contributed by atoms with Crippen LogP contribution in [0.5, 0.6) is 0 Å². The van der Waals surface area contributed by atoms with Crippen LogP contribution in [0.25, 0.3) is 0 Å². The average molecular weight is 287 g/mol. The number of hydrogen-bond donors (Lipinski definition) is 1. The third-order valence-electron chi connectivity index (χ3n) is 2.70. The zero-order chi connectivity index (χ0) is 14.8. The summed E-state index contributed by atoms with van der Waals surface area (Å²) in [5, 5.41) is 2.69. The van der Waals surface area contributed by atoms with E-state index in [0.717, 1.165) is 24.3 Å². The number of hydrogen-bond acceptors (Lipinski definition) is 1. The van der Waals surface area contributed by atoms with Crippen LogP contribution >= 0.6 is 0 Å². The Morgan fingerprint density at radius 2 is 1.55 bits per heavy atom. The highest BCUT2D eigenvalue weighted by Crippen LogP contribution is 2.29. The Morgan fingerprint density at radius 3 is 2.10 bits per heavy atom. The van der Waals surface area contributed by atoms with Crippen LogP contribution in [-0.4, -0.2) is 0 Å². The fourth-order valence-electron chi connectivity index (χ4n) is 1.64. The normalized spacial score (nSPS) is 11.4. The lowest BCUT2D eigenvalue weighted by Crippen LogP contribution is -2.06. The maximum atomic E-state index is 13.3. The van der Waals surface area contributed by atoms with Crippen molar-refractivity contribution < 1.29 is 22.0 Å². The Balaban J connectivity index is 2.04. The standard InChI is InChI=1S/C14H10F5N/c15-11-5-6-13(12(16)7-11)20-8-9-1-3-10(4-2-9)14(17,18)19/h1-7,20H,8H2. The summed E-state index contributed by atoms with van der Waals surface area (Å²) in [6.07, 6.45) is -4.38. The number of rotatable bonds is 3. The molecular formula is C14H10F5N. The van der Waals surface area contributed by atoms with Crippen LogP contribution in [0.3, 0.4) is 0 Å². The van der Waals surface area contributed by atoms with Crippen molar-refractivity contribution in [1.82, 2.24) is 0 Å². The molecule has 0 heterocycles. The third-order valence-corrected chi connectivity index (χ3v) is 2.70. The van der Waals surface area contributed by atoms with Gasteiger partial charge >= 0.3 is 6.18 Å². The van der Waals surface area contributed by atoms with Crippen LogP contribution in [0.1, 0.15) is 11.1 Å². The molecule has 0 aliphatic carbocycles. The van der Waals surface area contributed by atoms with Crippen molar-refractivity contribution in [3.63, 3.8) is 0 Å². The van der Waals surface area contributed by atoms with Crippen molar-refractivity contribution in [2.75, 3.05) is 5.32 Å². The van der Waals surface area contributed by atoms with Crippen molar-refractivity contribution in [3.8, 4) is 0 Å². The smallest absolute Gasteiger partial charge is 0.379 e. The molecule has 0 bridgehead atoms. The number of anilines is 1. The monoisotopic (exact) mass is 287 g/mol. The first kappa shape index (κ1) is 14.3. The lowest BCUT2D eigenvalue weighted by molar-refractivity contribution is -0.137. The lowest BCUT2D eigenvalue weighted by atomic mass is 10.1. The summed E-state index contributed by atoms with van der Waals surface area (Å²) in [6, 6.07) is 7.58. The summed E-state index contributed by atoms with van der Waals surface area (Å²) in [5.74, 6) is -1.44. The molecule has 20 heavy (non-hydrogen) atoms. The minimum Gasteiger partial charge on any atom is -0.379 e. The quantitative estimate of drug-likeness (QED) is 0.814. The molecule has 0 fully saturated rings. The molecule has 1 N–H and O–H groups in total. The molecule has 0 saturated carbocycles. The highest BCUT2D eigenvalue weighted by Gasteiger charge is 2.29. The molecule has 2 aromatic rings. The second kappa shape index (κ2) is 5.48. The molecule has 0 aliphatic rings. The molecule has 0 unspecified atom stereocenters. The second-order valence-electron chi connectivity index (χ2n) is 4.17. The van der Waals surface area contributed by atoms with Gasteiger partial charge in [0, 0.05) is 12.6 Å². The number of halogens is 5. The Hall–Kier alpha value is -2.11. The minimum absolute atomic E-state index is 0.0892. The Bertz CT molecular complexity index is 590. The maximum absolute atomic E-state index is 13.3. The van der Waals surface area contributed by atoms with E-state index in [4.69, 9.17) is 0 Å². The Kier molecular flexibility index (Phi) is 3.92. The van der Waals surface area contributed by atoms with Gasteiger partial charge in [-0.1, -0.05) is 12.1 Å². The highest BCUT2D eigenvalue weighted by atomic mass is 19.4. The minimum atomic E-state index is -4.38. The largest absolute Gasteiger partial charge is 0.416 e. The molecule has 0 spiro atoms. The molecule has 0 aromatic heterocycles. The maximum Gasteiger partial charge on any atom is 0.416 e. The van der Waals surface area contributed by atoms with Crippen LogP contribution in [0, 0.1) is 11.6 Å². The van der Waals surface area contributed by atoms with E-state index in [0.29, 0.717) is 5.56 Å². The molecule has 106 valence electrons. The first-order valence-electron chi connectivity index (χ1n) is 5.71. The van der Waals surface area contributed by atoms with Crippen molar-refractivity contribution in [2.45, 2.75) is 12.7 Å². The third kappa shape index (κ3) is 3.46. The van der Waals surface area contributed by atoms with E-state index < -0.39 is 23.4 Å². The molecule has 0 atom stereocenters. The molecule has 0 radical (unpaired) electrons. The van der Waals surface area contributed by atoms with E-state index in [-0.39, 0.29) is 12.2 Å².